The van der Waals surface area contributed by atoms with Gasteiger partial charge < -0.3 is 14.8 Å². The van der Waals surface area contributed by atoms with Gasteiger partial charge in [0.2, 0.25) is 10.0 Å². The zero-order chi connectivity index (χ0) is 23.8. The van der Waals surface area contributed by atoms with Gasteiger partial charge in [-0.3, -0.25) is 4.79 Å². The molecule has 0 radical (unpaired) electrons. The van der Waals surface area contributed by atoms with Crippen LogP contribution in [0.4, 0.5) is 0 Å². The van der Waals surface area contributed by atoms with Gasteiger partial charge in [0, 0.05) is 0 Å². The highest BCUT2D eigenvalue weighted by Gasteiger charge is 2.20. The zero-order valence-corrected chi connectivity index (χ0v) is 18.7. The Morgan fingerprint density at radius 2 is 1.61 bits per heavy atom. The number of ether oxygens (including phenoxy) is 2. The van der Waals surface area contributed by atoms with Crippen molar-refractivity contribution in [2.75, 3.05) is 13.7 Å². The zero-order valence-electron chi connectivity index (χ0n) is 17.9. The van der Waals surface area contributed by atoms with Gasteiger partial charge in [-0.25, -0.2) is 18.4 Å². The molecule has 0 saturated carbocycles. The molecule has 0 spiro atoms. The second-order valence-electron chi connectivity index (χ2n) is 7.21. The van der Waals surface area contributed by atoms with Gasteiger partial charge in [-0.2, -0.15) is 0 Å². The van der Waals surface area contributed by atoms with Crippen LogP contribution < -0.4 is 15.2 Å². The first kappa shape index (κ1) is 24.0. The minimum absolute atomic E-state index is 0.00147. The van der Waals surface area contributed by atoms with E-state index >= 15 is 0 Å². The molecule has 1 unspecified atom stereocenters. The first-order chi connectivity index (χ1) is 15.8. The minimum atomic E-state index is -4.12. The average molecular weight is 469 g/mol. The molecule has 3 rings (SSSR count). The Kier molecular flexibility index (Phi) is 7.81. The molecule has 0 aliphatic carbocycles. The second kappa shape index (κ2) is 10.8. The van der Waals surface area contributed by atoms with Crippen LogP contribution >= 0.6 is 0 Å². The van der Waals surface area contributed by atoms with Crippen molar-refractivity contribution in [3.8, 4) is 5.75 Å². The molecule has 3 N–H and O–H groups in total. The topological polar surface area (TPSA) is 125 Å². The number of carbonyl (C=O) groups excluding carboxylic acids is 2. The summed E-state index contributed by atoms with van der Waals surface area (Å²) in [7, 11) is -2.84. The van der Waals surface area contributed by atoms with Crippen LogP contribution in [0.15, 0.2) is 83.8 Å². The van der Waals surface area contributed by atoms with Gasteiger partial charge in [-0.05, 0) is 35.7 Å². The molecule has 1 amide bonds. The standard InChI is InChI=1S/C24H24N2O6S/c1-31-21-13-12-19(15-22(21)33(25,29)30)24(28)32-16-23(27)26-20(18-10-6-3-7-11-18)14-17-8-4-2-5-9-17/h2-13,15,20H,14,16H2,1H3,(H,26,27)(H2,25,29,30). The number of amides is 1. The highest BCUT2D eigenvalue weighted by molar-refractivity contribution is 7.89. The maximum Gasteiger partial charge on any atom is 0.338 e. The van der Waals surface area contributed by atoms with Gasteiger partial charge in [0.05, 0.1) is 18.7 Å². The van der Waals surface area contributed by atoms with Crippen LogP contribution in [0.1, 0.15) is 27.5 Å². The number of hydrogen-bond acceptors (Lipinski definition) is 6. The van der Waals surface area contributed by atoms with Crippen molar-refractivity contribution in [2.45, 2.75) is 17.4 Å². The molecule has 1 atom stereocenters. The molecule has 3 aromatic carbocycles. The van der Waals surface area contributed by atoms with E-state index in [0.717, 1.165) is 17.2 Å². The van der Waals surface area contributed by atoms with E-state index in [-0.39, 0.29) is 22.3 Å². The van der Waals surface area contributed by atoms with Crippen molar-refractivity contribution < 1.29 is 27.5 Å². The minimum Gasteiger partial charge on any atom is -0.495 e. The lowest BCUT2D eigenvalue weighted by Gasteiger charge is -2.19. The molecule has 0 saturated heterocycles. The molecule has 0 aromatic heterocycles. The Labute approximate surface area is 192 Å². The Bertz CT molecular complexity index is 1210. The van der Waals surface area contributed by atoms with Crippen molar-refractivity contribution in [2.24, 2.45) is 5.14 Å². The SMILES string of the molecule is COc1ccc(C(=O)OCC(=O)NC(Cc2ccccc2)c2ccccc2)cc1S(N)(=O)=O. The van der Waals surface area contributed by atoms with E-state index in [1.54, 1.807) is 0 Å². The molecule has 0 fully saturated rings. The number of nitrogens with two attached hydrogens (primary N) is 1. The Hall–Kier alpha value is -3.69. The summed E-state index contributed by atoms with van der Waals surface area (Å²) in [5.74, 6) is -1.36. The smallest absolute Gasteiger partial charge is 0.338 e. The lowest BCUT2D eigenvalue weighted by molar-refractivity contribution is -0.125. The van der Waals surface area contributed by atoms with E-state index in [1.807, 2.05) is 60.7 Å². The summed E-state index contributed by atoms with van der Waals surface area (Å²) in [6.45, 7) is -0.534. The second-order valence-corrected chi connectivity index (χ2v) is 8.74. The molecule has 0 aliphatic heterocycles. The largest absolute Gasteiger partial charge is 0.495 e. The molecular weight excluding hydrogens is 444 g/mol. The number of rotatable bonds is 9. The van der Waals surface area contributed by atoms with E-state index in [0.29, 0.717) is 6.42 Å². The summed E-state index contributed by atoms with van der Waals surface area (Å²) < 4.78 is 33.5. The highest BCUT2D eigenvalue weighted by Crippen LogP contribution is 2.24. The molecule has 8 nitrogen and oxygen atoms in total. The van der Waals surface area contributed by atoms with Crippen molar-refractivity contribution in [1.82, 2.24) is 5.32 Å². The number of sulfonamides is 1. The van der Waals surface area contributed by atoms with Crippen molar-refractivity contribution in [3.05, 3.63) is 95.6 Å². The summed E-state index contributed by atoms with van der Waals surface area (Å²) in [5, 5.41) is 8.06. The van der Waals surface area contributed by atoms with Crippen LogP contribution in [-0.2, 0) is 26.0 Å². The van der Waals surface area contributed by atoms with Crippen LogP contribution in [0.3, 0.4) is 0 Å². The number of nitrogens with one attached hydrogen (secondary N) is 1. The fourth-order valence-electron chi connectivity index (χ4n) is 3.26. The summed E-state index contributed by atoms with van der Waals surface area (Å²) in [6.07, 6.45) is 0.556. The van der Waals surface area contributed by atoms with Crippen LogP contribution in [-0.4, -0.2) is 34.0 Å². The molecule has 0 heterocycles. The molecule has 172 valence electrons. The van der Waals surface area contributed by atoms with Gasteiger partial charge in [0.15, 0.2) is 6.61 Å². The van der Waals surface area contributed by atoms with Gasteiger partial charge in [0.1, 0.15) is 10.6 Å². The maximum atomic E-state index is 12.6. The number of hydrogen-bond donors (Lipinski definition) is 2. The van der Waals surface area contributed by atoms with Gasteiger partial charge in [-0.15, -0.1) is 0 Å². The van der Waals surface area contributed by atoms with E-state index < -0.39 is 28.5 Å². The van der Waals surface area contributed by atoms with E-state index in [1.165, 1.54) is 19.2 Å². The molecular formula is C24H24N2O6S. The molecule has 0 aliphatic rings. The van der Waals surface area contributed by atoms with Gasteiger partial charge in [0.25, 0.3) is 5.91 Å². The van der Waals surface area contributed by atoms with Crippen molar-refractivity contribution in [1.29, 1.82) is 0 Å². The third-order valence-electron chi connectivity index (χ3n) is 4.86. The summed E-state index contributed by atoms with van der Waals surface area (Å²) in [6, 6.07) is 22.5. The van der Waals surface area contributed by atoms with Crippen molar-refractivity contribution >= 4 is 21.9 Å². The monoisotopic (exact) mass is 468 g/mol. The van der Waals surface area contributed by atoms with Crippen LogP contribution in [0.2, 0.25) is 0 Å². The van der Waals surface area contributed by atoms with Crippen LogP contribution in [0, 0.1) is 0 Å². The number of methoxy groups -OCH3 is 1. The molecule has 3 aromatic rings. The average Bonchev–Trinajstić information content (AvgIpc) is 2.82. The van der Waals surface area contributed by atoms with Gasteiger partial charge in [-0.1, -0.05) is 60.7 Å². The fourth-order valence-corrected chi connectivity index (χ4v) is 3.99. The number of primary sulfonamides is 1. The summed E-state index contributed by atoms with van der Waals surface area (Å²) >= 11 is 0. The first-order valence-electron chi connectivity index (χ1n) is 10.0. The summed E-state index contributed by atoms with van der Waals surface area (Å²) in [5.41, 5.74) is 1.88. The molecule has 0 bridgehead atoms. The van der Waals surface area contributed by atoms with E-state index in [9.17, 15) is 18.0 Å². The van der Waals surface area contributed by atoms with Gasteiger partial charge >= 0.3 is 5.97 Å². The molecule has 33 heavy (non-hydrogen) atoms. The lowest BCUT2D eigenvalue weighted by Crippen LogP contribution is -2.33. The normalized spacial score (nSPS) is 11.9. The van der Waals surface area contributed by atoms with Crippen LogP contribution in [0.5, 0.6) is 5.75 Å². The fraction of sp³-hybridized carbons (Fsp3) is 0.167. The number of carbonyl (C=O) groups is 2. The Morgan fingerprint density at radius 3 is 2.21 bits per heavy atom. The Morgan fingerprint density at radius 1 is 0.970 bits per heavy atom. The summed E-state index contributed by atoms with van der Waals surface area (Å²) in [4.78, 5) is 24.6. The maximum absolute atomic E-state index is 12.6. The third-order valence-corrected chi connectivity index (χ3v) is 5.79. The Balaban J connectivity index is 1.68. The number of benzene rings is 3. The predicted octanol–water partition coefficient (Wildman–Crippen LogP) is 2.60. The lowest BCUT2D eigenvalue weighted by atomic mass is 9.99. The van der Waals surface area contributed by atoms with E-state index in [4.69, 9.17) is 14.6 Å². The predicted molar refractivity (Wildman–Crippen MR) is 122 cm³/mol. The highest BCUT2D eigenvalue weighted by atomic mass is 32.2. The van der Waals surface area contributed by atoms with Crippen molar-refractivity contribution in [3.63, 3.8) is 0 Å². The molecule has 9 heteroatoms. The third kappa shape index (κ3) is 6.64. The first-order valence-corrected chi connectivity index (χ1v) is 11.6. The van der Waals surface area contributed by atoms with Crippen LogP contribution in [0.25, 0.3) is 0 Å². The quantitative estimate of drug-likeness (QED) is 0.465. The number of esters is 1. The van der Waals surface area contributed by atoms with E-state index in [2.05, 4.69) is 5.32 Å².